The fourth-order valence-corrected chi connectivity index (χ4v) is 18.0. The quantitative estimate of drug-likeness (QED) is 0.254. The van der Waals surface area contributed by atoms with Crippen molar-refractivity contribution in [3.63, 3.8) is 0 Å². The van der Waals surface area contributed by atoms with Crippen molar-refractivity contribution in [2.45, 2.75) is 0 Å². The van der Waals surface area contributed by atoms with E-state index in [0.29, 0.717) is 0 Å². The van der Waals surface area contributed by atoms with Gasteiger partial charge in [0.15, 0.2) is 28.4 Å². The minimum Gasteiger partial charge on any atom is -0.453 e. The van der Waals surface area contributed by atoms with E-state index >= 15 is 0 Å². The lowest BCUT2D eigenvalue weighted by molar-refractivity contribution is 0.477. The van der Waals surface area contributed by atoms with Gasteiger partial charge in [0.25, 0.3) is 0 Å². The van der Waals surface area contributed by atoms with Crippen LogP contribution in [0.4, 0.5) is 17.1 Å². The molecule has 3 heterocycles. The van der Waals surface area contributed by atoms with Gasteiger partial charge in [-0.05, 0) is 57.1 Å². The van der Waals surface area contributed by atoms with Crippen molar-refractivity contribution in [1.29, 1.82) is 0 Å². The first-order valence-corrected chi connectivity index (χ1v) is 21.9. The zero-order valence-electron chi connectivity index (χ0n) is 29.0. The number of benzene rings is 8. The maximum absolute atomic E-state index is 6.56. The summed E-state index contributed by atoms with van der Waals surface area (Å²) in [6, 6.07) is 75.0. The molecule has 3 aliphatic rings. The summed E-state index contributed by atoms with van der Waals surface area (Å²) >= 11 is 0. The van der Waals surface area contributed by atoms with Crippen LogP contribution in [0.25, 0.3) is 0 Å². The molecule has 8 aromatic rings. The summed E-state index contributed by atoms with van der Waals surface area (Å²) in [7, 11) is -4.34. The monoisotopic (exact) mass is 706 g/mol. The van der Waals surface area contributed by atoms with Gasteiger partial charge in [-0.2, -0.15) is 0 Å². The van der Waals surface area contributed by atoms with Crippen LogP contribution in [-0.4, -0.2) is 23.6 Å². The summed E-state index contributed by atoms with van der Waals surface area (Å²) in [5.74, 6) is 1.74. The minimum atomic E-state index is -2.90. The van der Waals surface area contributed by atoms with Gasteiger partial charge >= 0.3 is 0 Å². The van der Waals surface area contributed by atoms with E-state index in [0.717, 1.165) is 22.9 Å². The van der Waals surface area contributed by atoms with Crippen molar-refractivity contribution >= 4 is 93.3 Å². The number of hydrogen-bond donors (Lipinski definition) is 0. The molecular formula is C48H33BNOSi2. The first kappa shape index (κ1) is 30.5. The molecule has 0 saturated heterocycles. The number of ether oxygens (including phenoxy) is 1. The molecule has 0 bridgehead atoms. The zero-order valence-corrected chi connectivity index (χ0v) is 31.0. The fourth-order valence-electron chi connectivity index (χ4n) is 9.49. The highest BCUT2D eigenvalue weighted by atomic mass is 28.3. The second kappa shape index (κ2) is 12.0. The van der Waals surface area contributed by atoms with Gasteiger partial charge in [-0.25, -0.2) is 0 Å². The lowest BCUT2D eigenvalue weighted by Crippen LogP contribution is -2.91. The molecule has 2 nitrogen and oxygen atoms in total. The van der Waals surface area contributed by atoms with Crippen LogP contribution in [0.2, 0.25) is 0 Å². The van der Waals surface area contributed by atoms with E-state index < -0.39 is 16.9 Å². The summed E-state index contributed by atoms with van der Waals surface area (Å²) in [6.07, 6.45) is 0. The molecule has 5 heteroatoms. The van der Waals surface area contributed by atoms with Gasteiger partial charge in [-0.1, -0.05) is 196 Å². The van der Waals surface area contributed by atoms with Crippen LogP contribution in [-0.2, 0) is 0 Å². The van der Waals surface area contributed by atoms with E-state index in [4.69, 9.17) is 4.74 Å². The number of hydrogen-bond acceptors (Lipinski definition) is 2. The molecule has 0 saturated carbocycles. The molecule has 0 N–H and O–H groups in total. The molecule has 0 fully saturated rings. The Bertz CT molecular complexity index is 2600. The molecule has 8 aromatic carbocycles. The van der Waals surface area contributed by atoms with Gasteiger partial charge in [0.05, 0.1) is 11.4 Å². The minimum absolute atomic E-state index is 0.135. The van der Waals surface area contributed by atoms with Crippen molar-refractivity contribution < 1.29 is 4.74 Å². The van der Waals surface area contributed by atoms with Crippen LogP contribution in [0.15, 0.2) is 200 Å². The highest BCUT2D eigenvalue weighted by molar-refractivity contribution is 7.28. The summed E-state index contributed by atoms with van der Waals surface area (Å²) in [5, 5.41) is 10.2. The number of fused-ring (bicyclic) bond motifs is 6. The SMILES string of the molecule is c1ccc([Si]2c3ccccc3B3c4ccccc4[Si](c4ccccc4)(c4ccccc4)c4cc(N5c6ccccc6Oc6ccccc65)cc2c43)cc1. The Morgan fingerprint density at radius 1 is 0.453 bits per heavy atom. The van der Waals surface area contributed by atoms with Crippen LogP contribution in [0, 0.1) is 0 Å². The van der Waals surface area contributed by atoms with Crippen molar-refractivity contribution in [3.05, 3.63) is 200 Å². The molecule has 1 radical (unpaired) electrons. The molecule has 0 spiro atoms. The van der Waals surface area contributed by atoms with E-state index in [-0.39, 0.29) is 6.71 Å². The third kappa shape index (κ3) is 4.38. The summed E-state index contributed by atoms with van der Waals surface area (Å²) in [6.45, 7) is 0.135. The third-order valence-corrected chi connectivity index (χ3v) is 19.3. The van der Waals surface area contributed by atoms with Crippen molar-refractivity contribution in [2.75, 3.05) is 4.90 Å². The Balaban J connectivity index is 1.34. The molecule has 0 aliphatic carbocycles. The predicted octanol–water partition coefficient (Wildman–Crippen LogP) is 4.30. The standard InChI is InChI=1S/C48H33BNOSi2/c1-4-18-35(19-5-1)52-44-30-16-10-24-38(44)49-39-25-11-17-31-46(39)53(36-20-6-2-7-21-36,37-22-8-3-9-23-37)47-33-34(32-45(52)48(47)49)50-40-26-12-14-28-42(40)51-43-29-15-13-27-41(43)50/h1-33H. The number of anilines is 3. The van der Waals surface area contributed by atoms with Gasteiger partial charge < -0.3 is 9.64 Å². The predicted molar refractivity (Wildman–Crippen MR) is 227 cm³/mol. The molecule has 3 aliphatic heterocycles. The smallest absolute Gasteiger partial charge is 0.240 e. The highest BCUT2D eigenvalue weighted by Crippen LogP contribution is 2.49. The van der Waals surface area contributed by atoms with Gasteiger partial charge in [0.1, 0.15) is 0 Å². The molecule has 53 heavy (non-hydrogen) atoms. The van der Waals surface area contributed by atoms with Crippen LogP contribution in [0.5, 0.6) is 11.5 Å². The van der Waals surface area contributed by atoms with Crippen molar-refractivity contribution in [1.82, 2.24) is 0 Å². The summed E-state index contributed by atoms with van der Waals surface area (Å²) < 4.78 is 6.56. The molecule has 0 amide bonds. The average molecular weight is 707 g/mol. The number of nitrogens with zero attached hydrogens (tertiary/aromatic N) is 1. The van der Waals surface area contributed by atoms with Crippen LogP contribution >= 0.6 is 0 Å². The Labute approximate surface area is 313 Å². The molecule has 0 aromatic heterocycles. The van der Waals surface area contributed by atoms with Crippen LogP contribution in [0.1, 0.15) is 0 Å². The van der Waals surface area contributed by atoms with E-state index in [1.165, 1.54) is 58.4 Å². The van der Waals surface area contributed by atoms with E-state index in [1.54, 1.807) is 0 Å². The summed E-state index contributed by atoms with van der Waals surface area (Å²) in [5.41, 5.74) is 7.70. The largest absolute Gasteiger partial charge is 0.453 e. The van der Waals surface area contributed by atoms with Gasteiger partial charge in [-0.15, -0.1) is 0 Å². The first-order valence-electron chi connectivity index (χ1n) is 18.4. The van der Waals surface area contributed by atoms with E-state index in [9.17, 15) is 0 Å². The molecule has 11 rings (SSSR count). The summed E-state index contributed by atoms with van der Waals surface area (Å²) in [4.78, 5) is 2.46. The Kier molecular flexibility index (Phi) is 6.88. The van der Waals surface area contributed by atoms with Gasteiger partial charge in [0, 0.05) is 5.69 Å². The second-order valence-electron chi connectivity index (χ2n) is 14.2. The second-order valence-corrected chi connectivity index (χ2v) is 20.3. The Morgan fingerprint density at radius 3 is 1.64 bits per heavy atom. The first-order chi connectivity index (χ1) is 26.3. The average Bonchev–Trinajstić information content (AvgIpc) is 3.23. The van der Waals surface area contributed by atoms with E-state index in [1.807, 2.05) is 0 Å². The molecule has 0 atom stereocenters. The Hall–Kier alpha value is -6.14. The maximum Gasteiger partial charge on any atom is 0.240 e. The zero-order chi connectivity index (χ0) is 34.9. The lowest BCUT2D eigenvalue weighted by atomic mass is 9.36. The fraction of sp³-hybridized carbons (Fsp3) is 0. The van der Waals surface area contributed by atoms with Crippen LogP contribution in [0.3, 0.4) is 0 Å². The number of para-hydroxylation sites is 4. The normalized spacial score (nSPS) is 14.6. The molecule has 0 unspecified atom stereocenters. The Morgan fingerprint density at radius 2 is 0.981 bits per heavy atom. The molecule has 247 valence electrons. The van der Waals surface area contributed by atoms with Gasteiger partial charge in [-0.3, -0.25) is 0 Å². The third-order valence-electron chi connectivity index (χ3n) is 11.5. The van der Waals surface area contributed by atoms with Crippen LogP contribution < -0.4 is 62.3 Å². The van der Waals surface area contributed by atoms with Crippen molar-refractivity contribution in [2.24, 2.45) is 0 Å². The maximum atomic E-state index is 6.56. The topological polar surface area (TPSA) is 12.5 Å². The van der Waals surface area contributed by atoms with E-state index in [2.05, 4.69) is 205 Å². The molecular weight excluding hydrogens is 674 g/mol. The van der Waals surface area contributed by atoms with Crippen molar-refractivity contribution in [3.8, 4) is 11.5 Å². The highest BCUT2D eigenvalue weighted by Gasteiger charge is 2.53. The lowest BCUT2D eigenvalue weighted by Gasteiger charge is -2.47. The van der Waals surface area contributed by atoms with Gasteiger partial charge in [0.2, 0.25) is 6.71 Å². The number of rotatable bonds is 4.